The van der Waals surface area contributed by atoms with Crippen LogP contribution in [0.4, 0.5) is 0 Å². The van der Waals surface area contributed by atoms with Crippen molar-refractivity contribution in [3.8, 4) is 5.75 Å². The minimum absolute atomic E-state index is 0.475. The summed E-state index contributed by atoms with van der Waals surface area (Å²) >= 11 is 5.93. The van der Waals surface area contributed by atoms with Gasteiger partial charge in [0, 0.05) is 10.6 Å². The van der Waals surface area contributed by atoms with Gasteiger partial charge in [-0.25, -0.2) is 0 Å². The van der Waals surface area contributed by atoms with E-state index >= 15 is 0 Å². The maximum absolute atomic E-state index is 9.73. The summed E-state index contributed by atoms with van der Waals surface area (Å²) in [6.07, 6.45) is -0.605. The monoisotopic (exact) mass is 276 g/mol. The molecule has 0 radical (unpaired) electrons. The van der Waals surface area contributed by atoms with Crippen LogP contribution in [0.2, 0.25) is 5.02 Å². The lowest BCUT2D eigenvalue weighted by atomic mass is 10.1. The van der Waals surface area contributed by atoms with Crippen LogP contribution in [-0.4, -0.2) is 5.11 Å². The van der Waals surface area contributed by atoms with Gasteiger partial charge in [-0.05, 0) is 37.6 Å². The SMILES string of the molecule is Cc1cccc(COc2ccc(Cl)cc2C(C)O)c1. The van der Waals surface area contributed by atoms with Crippen LogP contribution in [0.1, 0.15) is 29.7 Å². The molecule has 1 unspecified atom stereocenters. The van der Waals surface area contributed by atoms with Gasteiger partial charge in [0.05, 0.1) is 6.10 Å². The predicted octanol–water partition coefficient (Wildman–Crippen LogP) is 4.28. The Bertz CT molecular complexity index is 564. The highest BCUT2D eigenvalue weighted by Gasteiger charge is 2.10. The van der Waals surface area contributed by atoms with Gasteiger partial charge >= 0.3 is 0 Å². The summed E-state index contributed by atoms with van der Waals surface area (Å²) in [5.41, 5.74) is 3.01. The number of halogens is 1. The first kappa shape index (κ1) is 13.9. The van der Waals surface area contributed by atoms with E-state index in [-0.39, 0.29) is 0 Å². The van der Waals surface area contributed by atoms with Crippen LogP contribution in [0.25, 0.3) is 0 Å². The van der Waals surface area contributed by atoms with Crippen molar-refractivity contribution in [3.05, 3.63) is 64.2 Å². The molecule has 1 atom stereocenters. The molecule has 0 aromatic heterocycles. The number of benzene rings is 2. The minimum atomic E-state index is -0.605. The molecule has 1 N–H and O–H groups in total. The number of aliphatic hydroxyl groups is 1. The lowest BCUT2D eigenvalue weighted by molar-refractivity contribution is 0.190. The van der Waals surface area contributed by atoms with Crippen LogP contribution < -0.4 is 4.74 Å². The van der Waals surface area contributed by atoms with Crippen molar-refractivity contribution in [1.82, 2.24) is 0 Å². The second kappa shape index (κ2) is 6.09. The van der Waals surface area contributed by atoms with Gasteiger partial charge in [0.15, 0.2) is 0 Å². The number of hydrogen-bond donors (Lipinski definition) is 1. The van der Waals surface area contributed by atoms with E-state index in [0.717, 1.165) is 5.56 Å². The number of aliphatic hydroxyl groups excluding tert-OH is 1. The molecule has 0 aliphatic carbocycles. The second-order valence-corrected chi connectivity index (χ2v) is 5.07. The van der Waals surface area contributed by atoms with Gasteiger partial charge in [-0.15, -0.1) is 0 Å². The van der Waals surface area contributed by atoms with Gasteiger partial charge in [0.2, 0.25) is 0 Å². The van der Waals surface area contributed by atoms with Crippen LogP contribution >= 0.6 is 11.6 Å². The van der Waals surface area contributed by atoms with E-state index in [1.807, 2.05) is 25.1 Å². The van der Waals surface area contributed by atoms with E-state index in [9.17, 15) is 5.11 Å². The molecule has 0 aliphatic heterocycles. The van der Waals surface area contributed by atoms with Gasteiger partial charge in [-0.1, -0.05) is 41.4 Å². The average molecular weight is 277 g/mol. The first-order chi connectivity index (χ1) is 9.06. The number of ether oxygens (including phenoxy) is 1. The average Bonchev–Trinajstić information content (AvgIpc) is 2.37. The molecule has 0 saturated heterocycles. The third-order valence-electron chi connectivity index (χ3n) is 2.90. The molecule has 0 amide bonds. The fraction of sp³-hybridized carbons (Fsp3) is 0.250. The summed E-state index contributed by atoms with van der Waals surface area (Å²) < 4.78 is 5.78. The van der Waals surface area contributed by atoms with Crippen molar-refractivity contribution < 1.29 is 9.84 Å². The van der Waals surface area contributed by atoms with Gasteiger partial charge < -0.3 is 9.84 Å². The predicted molar refractivity (Wildman–Crippen MR) is 77.6 cm³/mol. The van der Waals surface area contributed by atoms with Crippen LogP contribution in [0, 0.1) is 6.92 Å². The fourth-order valence-electron chi connectivity index (χ4n) is 1.94. The van der Waals surface area contributed by atoms with Crippen LogP contribution in [0.3, 0.4) is 0 Å². The Morgan fingerprint density at radius 2 is 2.00 bits per heavy atom. The molecule has 0 heterocycles. The summed E-state index contributed by atoms with van der Waals surface area (Å²) in [5.74, 6) is 0.668. The molecule has 0 saturated carbocycles. The van der Waals surface area contributed by atoms with Gasteiger partial charge in [-0.3, -0.25) is 0 Å². The zero-order valence-corrected chi connectivity index (χ0v) is 11.8. The van der Waals surface area contributed by atoms with Crippen molar-refractivity contribution in [2.24, 2.45) is 0 Å². The Labute approximate surface area is 118 Å². The highest BCUT2D eigenvalue weighted by molar-refractivity contribution is 6.30. The molecule has 2 aromatic rings. The smallest absolute Gasteiger partial charge is 0.125 e. The number of aryl methyl sites for hydroxylation is 1. The third kappa shape index (κ3) is 3.72. The zero-order valence-electron chi connectivity index (χ0n) is 11.1. The Hall–Kier alpha value is -1.51. The van der Waals surface area contributed by atoms with Crippen molar-refractivity contribution in [2.45, 2.75) is 26.6 Å². The molecule has 0 bridgehead atoms. The van der Waals surface area contributed by atoms with E-state index in [4.69, 9.17) is 16.3 Å². The summed E-state index contributed by atoms with van der Waals surface area (Å²) in [4.78, 5) is 0. The molecule has 2 rings (SSSR count). The summed E-state index contributed by atoms with van der Waals surface area (Å²) in [7, 11) is 0. The van der Waals surface area contributed by atoms with Crippen LogP contribution in [0.15, 0.2) is 42.5 Å². The largest absolute Gasteiger partial charge is 0.489 e. The van der Waals surface area contributed by atoms with E-state index in [0.29, 0.717) is 22.9 Å². The van der Waals surface area contributed by atoms with Crippen molar-refractivity contribution >= 4 is 11.6 Å². The molecule has 0 aliphatic rings. The summed E-state index contributed by atoms with van der Waals surface area (Å²) in [6.45, 7) is 4.22. The molecule has 0 fully saturated rings. The molecule has 19 heavy (non-hydrogen) atoms. The molecule has 2 nitrogen and oxygen atoms in total. The normalized spacial score (nSPS) is 12.2. The standard InChI is InChI=1S/C16H17ClO2/c1-11-4-3-5-13(8-11)10-19-16-7-6-14(17)9-15(16)12(2)18/h3-9,12,18H,10H2,1-2H3. The molecular formula is C16H17ClO2. The number of rotatable bonds is 4. The first-order valence-corrected chi connectivity index (χ1v) is 6.60. The maximum Gasteiger partial charge on any atom is 0.125 e. The molecule has 100 valence electrons. The van der Waals surface area contributed by atoms with Gasteiger partial charge in [0.25, 0.3) is 0 Å². The van der Waals surface area contributed by atoms with E-state index < -0.39 is 6.10 Å². The van der Waals surface area contributed by atoms with Crippen LogP contribution in [-0.2, 0) is 6.61 Å². The third-order valence-corrected chi connectivity index (χ3v) is 3.13. The topological polar surface area (TPSA) is 29.5 Å². The Morgan fingerprint density at radius 3 is 2.68 bits per heavy atom. The van der Waals surface area contributed by atoms with E-state index in [2.05, 4.69) is 6.07 Å². The van der Waals surface area contributed by atoms with Crippen molar-refractivity contribution in [2.75, 3.05) is 0 Å². The van der Waals surface area contributed by atoms with Crippen molar-refractivity contribution in [3.63, 3.8) is 0 Å². The van der Waals surface area contributed by atoms with Crippen LogP contribution in [0.5, 0.6) is 5.75 Å². The minimum Gasteiger partial charge on any atom is -0.489 e. The summed E-state index contributed by atoms with van der Waals surface area (Å²) in [6, 6.07) is 13.4. The van der Waals surface area contributed by atoms with E-state index in [1.54, 1.807) is 25.1 Å². The quantitative estimate of drug-likeness (QED) is 0.903. The Kier molecular flexibility index (Phi) is 4.46. The lowest BCUT2D eigenvalue weighted by Crippen LogP contribution is -2.01. The highest BCUT2D eigenvalue weighted by Crippen LogP contribution is 2.28. The zero-order chi connectivity index (χ0) is 13.8. The second-order valence-electron chi connectivity index (χ2n) is 4.64. The van der Waals surface area contributed by atoms with Gasteiger partial charge in [0.1, 0.15) is 12.4 Å². The lowest BCUT2D eigenvalue weighted by Gasteiger charge is -2.14. The molecule has 2 aromatic carbocycles. The molecular weight excluding hydrogens is 260 g/mol. The first-order valence-electron chi connectivity index (χ1n) is 6.22. The molecule has 3 heteroatoms. The maximum atomic E-state index is 9.73. The summed E-state index contributed by atoms with van der Waals surface area (Å²) in [5, 5.41) is 10.3. The highest BCUT2D eigenvalue weighted by atomic mass is 35.5. The van der Waals surface area contributed by atoms with Crippen molar-refractivity contribution in [1.29, 1.82) is 0 Å². The Morgan fingerprint density at radius 1 is 1.21 bits per heavy atom. The van der Waals surface area contributed by atoms with Gasteiger partial charge in [-0.2, -0.15) is 0 Å². The molecule has 0 spiro atoms. The van der Waals surface area contributed by atoms with E-state index in [1.165, 1.54) is 5.56 Å². The fourth-order valence-corrected chi connectivity index (χ4v) is 2.12. The Balaban J connectivity index is 2.15. The number of hydrogen-bond acceptors (Lipinski definition) is 2.